The smallest absolute Gasteiger partial charge is 0.271 e. The van der Waals surface area contributed by atoms with E-state index in [4.69, 9.17) is 9.15 Å². The average molecular weight is 523 g/mol. The van der Waals surface area contributed by atoms with E-state index in [0.29, 0.717) is 24.4 Å². The Morgan fingerprint density at radius 3 is 2.66 bits per heavy atom. The Bertz CT molecular complexity index is 1330. The van der Waals surface area contributed by atoms with Crippen LogP contribution in [0.15, 0.2) is 57.5 Å². The zero-order valence-corrected chi connectivity index (χ0v) is 21.0. The van der Waals surface area contributed by atoms with E-state index in [0.717, 1.165) is 28.0 Å². The molecule has 200 valence electrons. The van der Waals surface area contributed by atoms with E-state index in [1.54, 1.807) is 6.07 Å². The van der Waals surface area contributed by atoms with Gasteiger partial charge in [0.05, 0.1) is 41.8 Å². The van der Waals surface area contributed by atoms with Gasteiger partial charge < -0.3 is 19.4 Å². The largest absolute Gasteiger partial charge is 0.459 e. The number of allylic oxidation sites excluding steroid dienone is 1. The number of nitro groups is 1. The highest BCUT2D eigenvalue weighted by Gasteiger charge is 2.57. The van der Waals surface area contributed by atoms with Crippen LogP contribution >= 0.6 is 0 Å². The number of rotatable bonds is 9. The van der Waals surface area contributed by atoms with Crippen molar-refractivity contribution in [3.63, 3.8) is 0 Å². The van der Waals surface area contributed by atoms with Gasteiger partial charge in [-0.1, -0.05) is 18.6 Å². The van der Waals surface area contributed by atoms with Crippen molar-refractivity contribution < 1.29 is 33.9 Å². The fourth-order valence-corrected chi connectivity index (χ4v) is 6.05. The van der Waals surface area contributed by atoms with Crippen LogP contribution in [0, 0.1) is 27.9 Å². The summed E-state index contributed by atoms with van der Waals surface area (Å²) in [6, 6.07) is 9.08. The van der Waals surface area contributed by atoms with E-state index in [1.165, 1.54) is 24.3 Å². The first-order chi connectivity index (χ1) is 18.4. The molecule has 2 aromatic rings. The topological polar surface area (TPSA) is 143 Å². The van der Waals surface area contributed by atoms with Gasteiger partial charge in [0.1, 0.15) is 18.1 Å². The summed E-state index contributed by atoms with van der Waals surface area (Å²) in [5.41, 5.74) is 2.78. The van der Waals surface area contributed by atoms with Gasteiger partial charge in [-0.05, 0) is 61.1 Å². The fourth-order valence-electron chi connectivity index (χ4n) is 6.05. The van der Waals surface area contributed by atoms with Gasteiger partial charge in [-0.2, -0.15) is 0 Å². The van der Waals surface area contributed by atoms with Gasteiger partial charge >= 0.3 is 0 Å². The summed E-state index contributed by atoms with van der Waals surface area (Å²) in [7, 11) is 0. The number of aliphatic hydroxyl groups excluding tert-OH is 2. The number of carbonyl (C=O) groups excluding carboxylic acids is 2. The second-order valence-electron chi connectivity index (χ2n) is 9.93. The standard InChI is InChI=1S/C28H30N2O8/c1-2-16(10-20-7-8-21(14-32)38-20)6-9-24-25-17(13-31)11-22-26(23(25)15-37-24)28(34)29(27(22)33)18-4-3-5-19(12-18)30(35)36/h3-5,7-8,10,12,22-24,26,31-32H,2,6,9,11,13-15H2,1H3/b16-10+/t22-,23+,24-,26-/m1/s1. The quantitative estimate of drug-likeness (QED) is 0.219. The fraction of sp³-hybridized carbons (Fsp3) is 0.429. The van der Waals surface area contributed by atoms with Crippen molar-refractivity contribution in [3.05, 3.63) is 74.8 Å². The Kier molecular flexibility index (Phi) is 7.29. The molecule has 2 fully saturated rings. The molecule has 2 amide bonds. The van der Waals surface area contributed by atoms with Gasteiger partial charge in [-0.25, -0.2) is 4.90 Å². The molecular weight excluding hydrogens is 492 g/mol. The minimum atomic E-state index is -0.634. The number of nitrogens with zero attached hydrogens (tertiary/aromatic N) is 2. The number of benzene rings is 1. The first kappa shape index (κ1) is 26.0. The van der Waals surface area contributed by atoms with E-state index < -0.39 is 22.7 Å². The first-order valence-electron chi connectivity index (χ1n) is 12.8. The lowest BCUT2D eigenvalue weighted by Gasteiger charge is -2.31. The molecule has 1 aromatic heterocycles. The van der Waals surface area contributed by atoms with E-state index in [2.05, 4.69) is 6.92 Å². The number of fused-ring (bicyclic) bond motifs is 3. The number of aliphatic hydroxyl groups is 2. The molecule has 1 aromatic carbocycles. The van der Waals surface area contributed by atoms with E-state index in [-0.39, 0.29) is 55.5 Å². The number of non-ortho nitro benzene ring substituents is 1. The summed E-state index contributed by atoms with van der Waals surface area (Å²) in [5.74, 6) is -1.20. The minimum absolute atomic E-state index is 0.160. The van der Waals surface area contributed by atoms with Crippen molar-refractivity contribution in [2.45, 2.75) is 45.3 Å². The summed E-state index contributed by atoms with van der Waals surface area (Å²) >= 11 is 0. The summed E-state index contributed by atoms with van der Waals surface area (Å²) in [5, 5.41) is 30.7. The Labute approximate surface area is 219 Å². The van der Waals surface area contributed by atoms with Gasteiger partial charge in [0, 0.05) is 18.1 Å². The highest BCUT2D eigenvalue weighted by molar-refractivity contribution is 6.22. The predicted octanol–water partition coefficient (Wildman–Crippen LogP) is 3.77. The van der Waals surface area contributed by atoms with Crippen LogP contribution in [-0.2, 0) is 20.9 Å². The third kappa shape index (κ3) is 4.59. The van der Waals surface area contributed by atoms with Gasteiger partial charge in [0.15, 0.2) is 0 Å². The maximum atomic E-state index is 13.6. The SMILES string of the molecule is CC/C(=C\c1ccc(CO)o1)CC[C@H]1OC[C@H]2C1=C(CO)C[C@H]1C(=O)N(c3cccc([N+](=O)[O-])c3)C(=O)[C@H]12. The Morgan fingerprint density at radius 2 is 1.97 bits per heavy atom. The molecular formula is C28H30N2O8. The molecule has 1 aliphatic carbocycles. The van der Waals surface area contributed by atoms with Crippen LogP contribution in [0.25, 0.3) is 6.08 Å². The summed E-state index contributed by atoms with van der Waals surface area (Å²) in [6.45, 7) is 1.94. The molecule has 10 nitrogen and oxygen atoms in total. The van der Waals surface area contributed by atoms with Crippen LogP contribution < -0.4 is 4.90 Å². The maximum absolute atomic E-state index is 13.6. The van der Waals surface area contributed by atoms with Crippen molar-refractivity contribution >= 4 is 29.3 Å². The van der Waals surface area contributed by atoms with Crippen molar-refractivity contribution in [3.8, 4) is 0 Å². The maximum Gasteiger partial charge on any atom is 0.271 e. The number of furan rings is 1. The lowest BCUT2D eigenvalue weighted by atomic mass is 9.69. The van der Waals surface area contributed by atoms with Crippen LogP contribution in [0.5, 0.6) is 0 Å². The van der Waals surface area contributed by atoms with Crippen LogP contribution in [0.4, 0.5) is 11.4 Å². The second-order valence-corrected chi connectivity index (χ2v) is 9.93. The highest BCUT2D eigenvalue weighted by atomic mass is 16.6. The van der Waals surface area contributed by atoms with Crippen LogP contribution in [0.2, 0.25) is 0 Å². The molecule has 4 atom stereocenters. The average Bonchev–Trinajstić information content (AvgIpc) is 3.62. The molecule has 0 saturated carbocycles. The number of carbonyl (C=O) groups is 2. The molecule has 3 aliphatic rings. The van der Waals surface area contributed by atoms with Gasteiger partial charge in [-0.15, -0.1) is 0 Å². The van der Waals surface area contributed by atoms with Crippen LogP contribution in [0.3, 0.4) is 0 Å². The molecule has 38 heavy (non-hydrogen) atoms. The zero-order chi connectivity index (χ0) is 27.0. The Morgan fingerprint density at radius 1 is 1.16 bits per heavy atom. The number of nitro benzene ring substituents is 1. The second kappa shape index (κ2) is 10.6. The summed E-state index contributed by atoms with van der Waals surface area (Å²) in [4.78, 5) is 38.7. The van der Waals surface area contributed by atoms with Gasteiger partial charge in [0.2, 0.25) is 11.8 Å². The monoisotopic (exact) mass is 522 g/mol. The Hall–Kier alpha value is -3.60. The van der Waals surface area contributed by atoms with Crippen LogP contribution in [-0.4, -0.2) is 46.3 Å². The highest BCUT2D eigenvalue weighted by Crippen LogP contribution is 2.50. The molecule has 5 rings (SSSR count). The van der Waals surface area contributed by atoms with Crippen molar-refractivity contribution in [1.29, 1.82) is 0 Å². The van der Waals surface area contributed by atoms with Crippen LogP contribution in [0.1, 0.15) is 44.1 Å². The summed E-state index contributed by atoms with van der Waals surface area (Å²) < 4.78 is 11.7. The lowest BCUT2D eigenvalue weighted by molar-refractivity contribution is -0.384. The molecule has 0 bridgehead atoms. The predicted molar refractivity (Wildman–Crippen MR) is 137 cm³/mol. The van der Waals surface area contributed by atoms with E-state index in [1.807, 2.05) is 12.1 Å². The minimum Gasteiger partial charge on any atom is -0.459 e. The number of amides is 2. The van der Waals surface area contributed by atoms with Crippen molar-refractivity contribution in [1.82, 2.24) is 0 Å². The third-order valence-corrected chi connectivity index (χ3v) is 7.86. The number of anilines is 1. The molecule has 3 heterocycles. The molecule has 0 unspecified atom stereocenters. The number of hydrogen-bond donors (Lipinski definition) is 2. The Balaban J connectivity index is 1.36. The van der Waals surface area contributed by atoms with E-state index >= 15 is 0 Å². The molecule has 0 radical (unpaired) electrons. The molecule has 0 spiro atoms. The number of ether oxygens (including phenoxy) is 1. The summed E-state index contributed by atoms with van der Waals surface area (Å²) in [6.07, 6.45) is 4.10. The van der Waals surface area contributed by atoms with Crippen molar-refractivity contribution in [2.24, 2.45) is 17.8 Å². The third-order valence-electron chi connectivity index (χ3n) is 7.86. The molecule has 10 heteroatoms. The molecule has 2 aliphatic heterocycles. The number of hydrogen-bond acceptors (Lipinski definition) is 8. The van der Waals surface area contributed by atoms with Gasteiger partial charge in [-0.3, -0.25) is 19.7 Å². The zero-order valence-electron chi connectivity index (χ0n) is 21.0. The lowest BCUT2D eigenvalue weighted by Crippen LogP contribution is -2.35. The molecule has 2 saturated heterocycles. The van der Waals surface area contributed by atoms with Crippen molar-refractivity contribution in [2.75, 3.05) is 18.1 Å². The van der Waals surface area contributed by atoms with Gasteiger partial charge in [0.25, 0.3) is 5.69 Å². The first-order valence-corrected chi connectivity index (χ1v) is 12.8. The van der Waals surface area contributed by atoms with E-state index in [9.17, 15) is 29.9 Å². The normalized spacial score (nSPS) is 25.2. The number of imide groups is 1. The molecule has 2 N–H and O–H groups in total.